The molecule has 1 aromatic heterocycles. The van der Waals surface area contributed by atoms with E-state index in [1.54, 1.807) is 6.92 Å². The number of hydrogen-bond donors (Lipinski definition) is 0. The smallest absolute Gasteiger partial charge is 0.0809 e. The SMILES string of the molecule is Cc1noc([O-])c1C(C)c1ccccc1. The summed E-state index contributed by atoms with van der Waals surface area (Å²) in [6, 6.07) is 9.86. The average molecular weight is 202 g/mol. The van der Waals surface area contributed by atoms with Crippen LogP contribution in [0.25, 0.3) is 0 Å². The van der Waals surface area contributed by atoms with E-state index in [4.69, 9.17) is 0 Å². The van der Waals surface area contributed by atoms with Gasteiger partial charge >= 0.3 is 0 Å². The van der Waals surface area contributed by atoms with Crippen molar-refractivity contribution in [3.63, 3.8) is 0 Å². The predicted octanol–water partition coefficient (Wildman–Crippen LogP) is 2.21. The molecule has 0 fully saturated rings. The van der Waals surface area contributed by atoms with E-state index in [1.807, 2.05) is 37.3 Å². The second-order valence-electron chi connectivity index (χ2n) is 3.60. The molecular weight excluding hydrogens is 190 g/mol. The van der Waals surface area contributed by atoms with Crippen molar-refractivity contribution in [2.75, 3.05) is 0 Å². The first-order chi connectivity index (χ1) is 7.20. The zero-order chi connectivity index (χ0) is 10.8. The number of rotatable bonds is 2. The maximum absolute atomic E-state index is 11.4. The lowest BCUT2D eigenvalue weighted by atomic mass is 9.93. The Bertz CT molecular complexity index is 428. The standard InChI is InChI=1S/C12H13NO2/c1-8(10-6-4-3-5-7-10)11-9(2)13-15-12(11)14/h3-8,14H,1-2H3/p-1. The van der Waals surface area contributed by atoms with E-state index in [2.05, 4.69) is 9.68 Å². The highest BCUT2D eigenvalue weighted by molar-refractivity contribution is 5.37. The van der Waals surface area contributed by atoms with Crippen molar-refractivity contribution in [1.82, 2.24) is 5.16 Å². The van der Waals surface area contributed by atoms with Gasteiger partial charge in [-0.15, -0.1) is 0 Å². The van der Waals surface area contributed by atoms with E-state index < -0.39 is 0 Å². The van der Waals surface area contributed by atoms with Gasteiger partial charge in [-0.05, 0) is 12.5 Å². The Morgan fingerprint density at radius 1 is 1.27 bits per heavy atom. The monoisotopic (exact) mass is 202 g/mol. The van der Waals surface area contributed by atoms with Crippen LogP contribution >= 0.6 is 0 Å². The molecule has 3 heteroatoms. The van der Waals surface area contributed by atoms with Gasteiger partial charge in [-0.3, -0.25) is 0 Å². The number of aryl methyl sites for hydroxylation is 1. The van der Waals surface area contributed by atoms with E-state index in [-0.39, 0.29) is 11.9 Å². The first-order valence-corrected chi connectivity index (χ1v) is 4.88. The van der Waals surface area contributed by atoms with Crippen molar-refractivity contribution in [1.29, 1.82) is 0 Å². The molecule has 0 amide bonds. The lowest BCUT2D eigenvalue weighted by Crippen LogP contribution is -2.01. The molecule has 0 radical (unpaired) electrons. The van der Waals surface area contributed by atoms with Gasteiger partial charge < -0.3 is 9.63 Å². The Labute approximate surface area is 88.3 Å². The summed E-state index contributed by atoms with van der Waals surface area (Å²) in [7, 11) is 0. The number of nitrogens with zero attached hydrogens (tertiary/aromatic N) is 1. The van der Waals surface area contributed by atoms with Gasteiger partial charge in [0.25, 0.3) is 0 Å². The molecule has 1 aromatic carbocycles. The number of hydrogen-bond acceptors (Lipinski definition) is 3. The van der Waals surface area contributed by atoms with Crippen molar-refractivity contribution in [3.05, 3.63) is 47.2 Å². The molecule has 0 N–H and O–H groups in total. The molecule has 0 aliphatic carbocycles. The molecule has 1 heterocycles. The molecule has 0 saturated heterocycles. The van der Waals surface area contributed by atoms with Crippen molar-refractivity contribution in [3.8, 4) is 5.95 Å². The molecule has 0 saturated carbocycles. The molecule has 2 aromatic rings. The highest BCUT2D eigenvalue weighted by Gasteiger charge is 2.14. The summed E-state index contributed by atoms with van der Waals surface area (Å²) >= 11 is 0. The quantitative estimate of drug-likeness (QED) is 0.750. The lowest BCUT2D eigenvalue weighted by molar-refractivity contribution is -0.298. The fraction of sp³-hybridized carbons (Fsp3) is 0.250. The molecule has 1 atom stereocenters. The molecule has 2 rings (SSSR count). The first-order valence-electron chi connectivity index (χ1n) is 4.88. The Morgan fingerprint density at radius 3 is 2.47 bits per heavy atom. The number of benzene rings is 1. The lowest BCUT2D eigenvalue weighted by Gasteiger charge is -2.13. The van der Waals surface area contributed by atoms with Crippen molar-refractivity contribution in [2.45, 2.75) is 19.8 Å². The van der Waals surface area contributed by atoms with Crippen LogP contribution in [0.1, 0.15) is 29.7 Å². The molecule has 15 heavy (non-hydrogen) atoms. The van der Waals surface area contributed by atoms with Crippen LogP contribution in [0, 0.1) is 6.92 Å². The summed E-state index contributed by atoms with van der Waals surface area (Å²) in [6.07, 6.45) is 0. The molecular formula is C12H12NO2-. The first kappa shape index (κ1) is 9.77. The Morgan fingerprint density at radius 2 is 1.93 bits per heavy atom. The minimum absolute atomic E-state index is 0.0324. The van der Waals surface area contributed by atoms with Crippen LogP contribution in [0.5, 0.6) is 5.95 Å². The third kappa shape index (κ3) is 1.73. The van der Waals surface area contributed by atoms with Gasteiger partial charge in [-0.1, -0.05) is 37.3 Å². The van der Waals surface area contributed by atoms with Crippen LogP contribution in [0.4, 0.5) is 0 Å². The summed E-state index contributed by atoms with van der Waals surface area (Å²) < 4.78 is 4.63. The van der Waals surface area contributed by atoms with E-state index >= 15 is 0 Å². The van der Waals surface area contributed by atoms with Gasteiger partial charge in [0.05, 0.1) is 11.6 Å². The van der Waals surface area contributed by atoms with Gasteiger partial charge in [0.2, 0.25) is 0 Å². The highest BCUT2D eigenvalue weighted by Crippen LogP contribution is 2.31. The molecule has 3 nitrogen and oxygen atoms in total. The second kappa shape index (κ2) is 3.77. The fourth-order valence-electron chi connectivity index (χ4n) is 1.75. The van der Waals surface area contributed by atoms with Gasteiger partial charge in [0.15, 0.2) is 0 Å². The summed E-state index contributed by atoms with van der Waals surface area (Å²) in [5.41, 5.74) is 2.43. The zero-order valence-electron chi connectivity index (χ0n) is 8.73. The summed E-state index contributed by atoms with van der Waals surface area (Å²) in [6.45, 7) is 3.77. The Kier molecular flexibility index (Phi) is 2.46. The number of aromatic nitrogens is 1. The van der Waals surface area contributed by atoms with E-state index in [1.165, 1.54) is 0 Å². The van der Waals surface area contributed by atoms with Crippen molar-refractivity contribution >= 4 is 0 Å². The van der Waals surface area contributed by atoms with Crippen LogP contribution in [0.2, 0.25) is 0 Å². The summed E-state index contributed by atoms with van der Waals surface area (Å²) in [5.74, 6) is -0.297. The molecule has 78 valence electrons. The maximum Gasteiger partial charge on any atom is 0.0809 e. The third-order valence-electron chi connectivity index (χ3n) is 2.61. The van der Waals surface area contributed by atoms with E-state index in [0.717, 1.165) is 5.56 Å². The van der Waals surface area contributed by atoms with E-state index in [9.17, 15) is 5.11 Å². The van der Waals surface area contributed by atoms with Crippen LogP contribution in [0.15, 0.2) is 34.9 Å². The van der Waals surface area contributed by atoms with Crippen LogP contribution in [0.3, 0.4) is 0 Å². The summed E-state index contributed by atoms with van der Waals surface area (Å²) in [5, 5.41) is 15.1. The highest BCUT2D eigenvalue weighted by atomic mass is 16.5. The van der Waals surface area contributed by atoms with Gasteiger partial charge in [-0.2, -0.15) is 5.16 Å². The maximum atomic E-state index is 11.4. The van der Waals surface area contributed by atoms with Gasteiger partial charge in [0, 0.05) is 11.5 Å². The molecule has 0 aliphatic rings. The normalized spacial score (nSPS) is 12.7. The van der Waals surface area contributed by atoms with E-state index in [0.29, 0.717) is 11.3 Å². The molecule has 0 aliphatic heterocycles. The Hall–Kier alpha value is -1.77. The van der Waals surface area contributed by atoms with Gasteiger partial charge in [-0.25, -0.2) is 0 Å². The molecule has 1 unspecified atom stereocenters. The zero-order valence-corrected chi connectivity index (χ0v) is 8.73. The van der Waals surface area contributed by atoms with Crippen LogP contribution in [-0.2, 0) is 0 Å². The third-order valence-corrected chi connectivity index (χ3v) is 2.61. The summed E-state index contributed by atoms with van der Waals surface area (Å²) in [4.78, 5) is 0. The van der Waals surface area contributed by atoms with Crippen LogP contribution < -0.4 is 5.11 Å². The predicted molar refractivity (Wildman–Crippen MR) is 54.6 cm³/mol. The Balaban J connectivity index is 2.41. The van der Waals surface area contributed by atoms with Crippen molar-refractivity contribution in [2.24, 2.45) is 0 Å². The second-order valence-corrected chi connectivity index (χ2v) is 3.60. The minimum Gasteiger partial charge on any atom is -0.544 e. The minimum atomic E-state index is -0.330. The topological polar surface area (TPSA) is 49.1 Å². The molecule has 0 spiro atoms. The largest absolute Gasteiger partial charge is 0.544 e. The fourth-order valence-corrected chi connectivity index (χ4v) is 1.75. The average Bonchev–Trinajstić information content (AvgIpc) is 2.59. The van der Waals surface area contributed by atoms with Crippen molar-refractivity contribution < 1.29 is 9.63 Å². The van der Waals surface area contributed by atoms with Crippen LogP contribution in [-0.4, -0.2) is 5.16 Å². The van der Waals surface area contributed by atoms with Gasteiger partial charge in [0.1, 0.15) is 0 Å². The molecule has 0 bridgehead atoms.